The first-order chi connectivity index (χ1) is 15.4. The minimum Gasteiger partial charge on any atom is -0.355 e. The average molecular weight is 455 g/mol. The van der Waals surface area contributed by atoms with Crippen LogP contribution in [-0.2, 0) is 13.6 Å². The molecule has 2 aromatic carbocycles. The summed E-state index contributed by atoms with van der Waals surface area (Å²) in [6, 6.07) is 12.3. The van der Waals surface area contributed by atoms with Gasteiger partial charge in [0.25, 0.3) is 5.91 Å². The monoisotopic (exact) mass is 454 g/mol. The van der Waals surface area contributed by atoms with Crippen molar-refractivity contribution < 1.29 is 18.1 Å². The molecule has 0 bridgehead atoms. The van der Waals surface area contributed by atoms with E-state index >= 15 is 0 Å². The first kappa shape index (κ1) is 20.4. The summed E-state index contributed by atoms with van der Waals surface area (Å²) in [6.07, 6.45) is 1.71. The van der Waals surface area contributed by atoms with Gasteiger partial charge < -0.3 is 9.42 Å². The molecule has 4 aromatic rings. The van der Waals surface area contributed by atoms with E-state index in [1.807, 2.05) is 24.3 Å². The lowest BCUT2D eigenvalue weighted by molar-refractivity contribution is 0.0714. The number of aromatic nitrogens is 3. The Kier molecular flexibility index (Phi) is 5.01. The van der Waals surface area contributed by atoms with E-state index in [2.05, 4.69) is 10.3 Å². The maximum Gasteiger partial charge on any atom is 0.276 e. The quantitative estimate of drug-likeness (QED) is 0.446. The zero-order valence-electron chi connectivity index (χ0n) is 16.9. The molecular weight excluding hydrogens is 438 g/mol. The first-order valence-corrected chi connectivity index (χ1v) is 10.3. The second kappa shape index (κ2) is 7.87. The molecule has 1 aliphatic rings. The fourth-order valence-corrected chi connectivity index (χ4v) is 4.28. The minimum absolute atomic E-state index is 0.0296. The number of benzene rings is 2. The number of carbonyl (C=O) groups is 1. The fraction of sp³-hybridized carbons (Fsp3) is 0.174. The van der Waals surface area contributed by atoms with Crippen LogP contribution >= 0.6 is 11.6 Å². The summed E-state index contributed by atoms with van der Waals surface area (Å²) in [7, 11) is 1.76. The Morgan fingerprint density at radius 3 is 2.72 bits per heavy atom. The molecule has 0 aliphatic carbocycles. The molecule has 0 fully saturated rings. The summed E-state index contributed by atoms with van der Waals surface area (Å²) < 4.78 is 34.1. The number of rotatable bonds is 3. The lowest BCUT2D eigenvalue weighted by Gasteiger charge is -2.34. The molecule has 162 valence electrons. The second-order valence-electron chi connectivity index (χ2n) is 7.65. The van der Waals surface area contributed by atoms with Gasteiger partial charge in [0.05, 0.1) is 11.8 Å². The van der Waals surface area contributed by atoms with Gasteiger partial charge in [-0.3, -0.25) is 9.48 Å². The van der Waals surface area contributed by atoms with Gasteiger partial charge in [-0.1, -0.05) is 41.0 Å². The van der Waals surface area contributed by atoms with Crippen molar-refractivity contribution in [3.63, 3.8) is 0 Å². The molecule has 5 rings (SSSR count). The van der Waals surface area contributed by atoms with E-state index in [4.69, 9.17) is 16.1 Å². The van der Waals surface area contributed by atoms with E-state index in [0.29, 0.717) is 18.2 Å². The zero-order valence-corrected chi connectivity index (χ0v) is 17.7. The highest BCUT2D eigenvalue weighted by atomic mass is 35.5. The predicted octanol–water partition coefficient (Wildman–Crippen LogP) is 4.79. The second-order valence-corrected chi connectivity index (χ2v) is 8.01. The molecule has 0 N–H and O–H groups in total. The van der Waals surface area contributed by atoms with Gasteiger partial charge in [-0.25, -0.2) is 8.78 Å². The van der Waals surface area contributed by atoms with Gasteiger partial charge in [0, 0.05) is 43.8 Å². The zero-order chi connectivity index (χ0) is 22.4. The predicted molar refractivity (Wildman–Crippen MR) is 113 cm³/mol. The van der Waals surface area contributed by atoms with Crippen molar-refractivity contribution >= 4 is 17.5 Å². The molecule has 1 aliphatic heterocycles. The molecule has 0 spiro atoms. The topological polar surface area (TPSA) is 64.2 Å². The van der Waals surface area contributed by atoms with Crippen LogP contribution in [-0.4, -0.2) is 32.3 Å². The number of hydrogen-bond donors (Lipinski definition) is 0. The Balaban J connectivity index is 1.47. The minimum atomic E-state index is -0.793. The molecule has 1 amide bonds. The van der Waals surface area contributed by atoms with Crippen molar-refractivity contribution in [2.75, 3.05) is 6.54 Å². The van der Waals surface area contributed by atoms with Crippen LogP contribution in [0.25, 0.3) is 11.3 Å². The third-order valence-electron chi connectivity index (χ3n) is 5.68. The third-order valence-corrected chi connectivity index (χ3v) is 6.14. The van der Waals surface area contributed by atoms with Crippen LogP contribution in [0.1, 0.15) is 33.1 Å². The Morgan fingerprint density at radius 2 is 1.97 bits per heavy atom. The summed E-state index contributed by atoms with van der Waals surface area (Å²) in [5.41, 5.74) is 2.97. The van der Waals surface area contributed by atoms with Crippen LogP contribution in [0.5, 0.6) is 0 Å². The van der Waals surface area contributed by atoms with Crippen molar-refractivity contribution in [3.8, 4) is 11.3 Å². The Labute approximate surface area is 187 Å². The number of aryl methyl sites for hydroxylation is 1. The van der Waals surface area contributed by atoms with Crippen LogP contribution in [0.2, 0.25) is 5.15 Å². The number of fused-ring (bicyclic) bond motifs is 1. The van der Waals surface area contributed by atoms with Gasteiger partial charge >= 0.3 is 0 Å². The van der Waals surface area contributed by atoms with E-state index in [1.165, 1.54) is 12.1 Å². The molecule has 2 aromatic heterocycles. The lowest BCUT2D eigenvalue weighted by atomic mass is 9.86. The van der Waals surface area contributed by atoms with Crippen molar-refractivity contribution in [2.24, 2.45) is 7.05 Å². The summed E-state index contributed by atoms with van der Waals surface area (Å²) in [5.74, 6) is -1.96. The normalized spacial score (nSPS) is 15.6. The maximum atomic E-state index is 14.1. The molecule has 1 atom stereocenters. The largest absolute Gasteiger partial charge is 0.355 e. The van der Waals surface area contributed by atoms with Crippen molar-refractivity contribution in [1.29, 1.82) is 0 Å². The number of amides is 1. The van der Waals surface area contributed by atoms with E-state index < -0.39 is 11.6 Å². The number of halogens is 3. The van der Waals surface area contributed by atoms with Gasteiger partial charge in [-0.05, 0) is 23.3 Å². The molecule has 0 saturated carbocycles. The van der Waals surface area contributed by atoms with Crippen LogP contribution in [0.15, 0.2) is 59.3 Å². The van der Waals surface area contributed by atoms with E-state index in [0.717, 1.165) is 28.8 Å². The number of hydrogen-bond acceptors (Lipinski definition) is 4. The summed E-state index contributed by atoms with van der Waals surface area (Å²) >= 11 is 6.46. The Morgan fingerprint density at radius 1 is 1.16 bits per heavy atom. The van der Waals surface area contributed by atoms with Gasteiger partial charge in [0.15, 0.2) is 11.5 Å². The Bertz CT molecular complexity index is 1330. The molecular formula is C23H17ClF2N4O2. The smallest absolute Gasteiger partial charge is 0.276 e. The standard InChI is InChI=1S/C23H17ClF2N4O2/c1-29-22(24)17(10-27-29)18-12-30(11-13-4-2-3-5-15(13)18)23(31)20-9-21(32-28-20)16-7-6-14(25)8-19(16)26/h2-10,18H,11-12H2,1H3. The van der Waals surface area contributed by atoms with Gasteiger partial charge in [-0.15, -0.1) is 0 Å². The van der Waals surface area contributed by atoms with Crippen LogP contribution in [0.3, 0.4) is 0 Å². The molecule has 32 heavy (non-hydrogen) atoms. The lowest BCUT2D eigenvalue weighted by Crippen LogP contribution is -2.38. The number of nitrogens with zero attached hydrogens (tertiary/aromatic N) is 4. The highest BCUT2D eigenvalue weighted by Crippen LogP contribution is 2.37. The van der Waals surface area contributed by atoms with Gasteiger partial charge in [0.1, 0.15) is 16.8 Å². The van der Waals surface area contributed by atoms with E-state index in [-0.39, 0.29) is 28.8 Å². The van der Waals surface area contributed by atoms with Gasteiger partial charge in [0.2, 0.25) is 0 Å². The summed E-state index contributed by atoms with van der Waals surface area (Å²) in [5, 5.41) is 8.58. The van der Waals surface area contributed by atoms with Crippen molar-refractivity contribution in [3.05, 3.63) is 93.9 Å². The van der Waals surface area contributed by atoms with Crippen LogP contribution in [0.4, 0.5) is 8.78 Å². The van der Waals surface area contributed by atoms with E-state index in [1.54, 1.807) is 22.8 Å². The molecule has 0 saturated heterocycles. The molecule has 9 heteroatoms. The van der Waals surface area contributed by atoms with Gasteiger partial charge in [-0.2, -0.15) is 5.10 Å². The SMILES string of the molecule is Cn1ncc(C2CN(C(=O)c3cc(-c4ccc(F)cc4F)on3)Cc3ccccc32)c1Cl. The van der Waals surface area contributed by atoms with Crippen LogP contribution in [0, 0.1) is 11.6 Å². The van der Waals surface area contributed by atoms with E-state index in [9.17, 15) is 13.6 Å². The molecule has 6 nitrogen and oxygen atoms in total. The Hall–Kier alpha value is -3.52. The number of carbonyl (C=O) groups excluding carboxylic acids is 1. The van der Waals surface area contributed by atoms with Crippen molar-refractivity contribution in [1.82, 2.24) is 19.8 Å². The highest BCUT2D eigenvalue weighted by Gasteiger charge is 2.33. The molecule has 3 heterocycles. The van der Waals surface area contributed by atoms with Crippen molar-refractivity contribution in [2.45, 2.75) is 12.5 Å². The third kappa shape index (κ3) is 3.46. The molecule has 0 radical (unpaired) electrons. The summed E-state index contributed by atoms with van der Waals surface area (Å²) in [6.45, 7) is 0.755. The summed E-state index contributed by atoms with van der Waals surface area (Å²) in [4.78, 5) is 14.9. The average Bonchev–Trinajstić information content (AvgIpc) is 3.40. The van der Waals surface area contributed by atoms with Crippen LogP contribution < -0.4 is 0 Å². The fourth-order valence-electron chi connectivity index (χ4n) is 4.06. The first-order valence-electron chi connectivity index (χ1n) is 9.89. The molecule has 1 unspecified atom stereocenters. The maximum absolute atomic E-state index is 14.1. The highest BCUT2D eigenvalue weighted by molar-refractivity contribution is 6.30.